The fraction of sp³-hybridized carbons (Fsp3) is 0.500. The number of aromatic nitrogens is 2. The van der Waals surface area contributed by atoms with E-state index in [-0.39, 0.29) is 0 Å². The van der Waals surface area contributed by atoms with Gasteiger partial charge in [-0.05, 0) is 58.1 Å². The van der Waals surface area contributed by atoms with Crippen LogP contribution in [0.25, 0.3) is 16.5 Å². The number of allylic oxidation sites excluding steroid dienone is 1. The minimum absolute atomic E-state index is 0.418. The van der Waals surface area contributed by atoms with Crippen LogP contribution in [0.15, 0.2) is 30.7 Å². The predicted octanol–water partition coefficient (Wildman–Crippen LogP) is 4.53. The van der Waals surface area contributed by atoms with E-state index in [9.17, 15) is 0 Å². The van der Waals surface area contributed by atoms with E-state index in [1.165, 1.54) is 24.8 Å². The molecule has 4 rings (SSSR count). The molecule has 24 heavy (non-hydrogen) atoms. The van der Waals surface area contributed by atoms with E-state index in [2.05, 4.69) is 53.2 Å². The van der Waals surface area contributed by atoms with Crippen molar-refractivity contribution >= 4 is 22.2 Å². The first-order chi connectivity index (χ1) is 11.6. The van der Waals surface area contributed by atoms with Crippen molar-refractivity contribution < 1.29 is 0 Å². The minimum Gasteiger partial charge on any atom is -0.388 e. The predicted molar refractivity (Wildman–Crippen MR) is 99.3 cm³/mol. The van der Waals surface area contributed by atoms with Crippen LogP contribution in [-0.2, 0) is 0 Å². The molecule has 2 aliphatic rings. The van der Waals surface area contributed by atoms with Gasteiger partial charge in [-0.15, -0.1) is 0 Å². The molecule has 4 heteroatoms. The number of pyridine rings is 1. The first kappa shape index (κ1) is 15.4. The van der Waals surface area contributed by atoms with Gasteiger partial charge in [0.25, 0.3) is 0 Å². The second-order valence-corrected chi connectivity index (χ2v) is 7.49. The molecule has 0 bridgehead atoms. The van der Waals surface area contributed by atoms with Crippen LogP contribution in [0.3, 0.4) is 0 Å². The van der Waals surface area contributed by atoms with Gasteiger partial charge in [0.1, 0.15) is 0 Å². The molecule has 0 unspecified atom stereocenters. The van der Waals surface area contributed by atoms with Crippen LogP contribution in [0.2, 0.25) is 0 Å². The number of nitrogens with one attached hydrogen (secondary N) is 2. The van der Waals surface area contributed by atoms with Crippen LogP contribution in [0.1, 0.15) is 57.7 Å². The molecule has 2 aromatic rings. The van der Waals surface area contributed by atoms with Crippen molar-refractivity contribution in [1.82, 2.24) is 14.9 Å². The lowest BCUT2D eigenvalue weighted by Crippen LogP contribution is -2.31. The van der Waals surface area contributed by atoms with Crippen LogP contribution in [0.4, 0.5) is 0 Å². The third kappa shape index (κ3) is 2.85. The Bertz CT molecular complexity index is 791. The molecule has 126 valence electrons. The maximum absolute atomic E-state index is 8.57. The summed E-state index contributed by atoms with van der Waals surface area (Å²) in [6.07, 6.45) is 12.2. The highest BCUT2D eigenvalue weighted by Gasteiger charge is 2.30. The number of fused-ring (bicyclic) bond motifs is 1. The largest absolute Gasteiger partial charge is 0.388 e. The number of nitrogens with zero attached hydrogens (tertiary/aromatic N) is 2. The van der Waals surface area contributed by atoms with E-state index in [0.717, 1.165) is 35.2 Å². The van der Waals surface area contributed by atoms with Gasteiger partial charge in [-0.25, -0.2) is 0 Å². The number of rotatable bonds is 6. The molecule has 2 N–H and O–H groups in total. The Morgan fingerprint density at radius 3 is 2.75 bits per heavy atom. The van der Waals surface area contributed by atoms with Crippen LogP contribution in [-0.4, -0.2) is 21.3 Å². The highest BCUT2D eigenvalue weighted by Crippen LogP contribution is 2.35. The monoisotopic (exact) mass is 322 g/mol. The molecule has 0 spiro atoms. The maximum atomic E-state index is 8.57. The fourth-order valence-corrected chi connectivity index (χ4v) is 3.30. The van der Waals surface area contributed by atoms with Crippen molar-refractivity contribution in [3.05, 3.63) is 36.4 Å². The van der Waals surface area contributed by atoms with Crippen molar-refractivity contribution in [3.8, 4) is 0 Å². The van der Waals surface area contributed by atoms with E-state index in [4.69, 9.17) is 5.41 Å². The zero-order valence-electron chi connectivity index (χ0n) is 14.5. The molecule has 0 amide bonds. The van der Waals surface area contributed by atoms with Gasteiger partial charge in [0.15, 0.2) is 0 Å². The summed E-state index contributed by atoms with van der Waals surface area (Å²) in [5, 5.41) is 13.2. The minimum atomic E-state index is 0.418. The van der Waals surface area contributed by atoms with Gasteiger partial charge in [-0.3, -0.25) is 4.98 Å². The van der Waals surface area contributed by atoms with Gasteiger partial charge in [0, 0.05) is 53.3 Å². The van der Waals surface area contributed by atoms with E-state index < -0.39 is 0 Å². The normalized spacial score (nSPS) is 18.9. The molecule has 0 atom stereocenters. The molecular weight excluding hydrogens is 296 g/mol. The Balaban J connectivity index is 1.71. The maximum Gasteiger partial charge on any atom is 0.0755 e. The Morgan fingerprint density at radius 2 is 2.12 bits per heavy atom. The van der Waals surface area contributed by atoms with Gasteiger partial charge < -0.3 is 15.3 Å². The van der Waals surface area contributed by atoms with Gasteiger partial charge >= 0.3 is 0 Å². The summed E-state index contributed by atoms with van der Waals surface area (Å²) >= 11 is 0. The number of hydrogen-bond donors (Lipinski definition) is 2. The van der Waals surface area contributed by atoms with Crippen LogP contribution in [0.5, 0.6) is 0 Å². The summed E-state index contributed by atoms with van der Waals surface area (Å²) in [5.74, 6) is 0.425. The molecule has 2 saturated carbocycles. The van der Waals surface area contributed by atoms with E-state index in [0.29, 0.717) is 18.0 Å². The smallest absolute Gasteiger partial charge is 0.0755 e. The van der Waals surface area contributed by atoms with Crippen LogP contribution in [0, 0.1) is 11.3 Å². The van der Waals surface area contributed by atoms with E-state index >= 15 is 0 Å². The summed E-state index contributed by atoms with van der Waals surface area (Å²) in [7, 11) is 0. The van der Waals surface area contributed by atoms with Crippen molar-refractivity contribution in [2.45, 2.75) is 58.0 Å². The van der Waals surface area contributed by atoms with Gasteiger partial charge in [-0.2, -0.15) is 0 Å². The second kappa shape index (κ2) is 6.08. The summed E-state index contributed by atoms with van der Waals surface area (Å²) < 4.78 is 2.28. The Hall–Kier alpha value is -2.10. The molecular formula is C20H26N4. The van der Waals surface area contributed by atoms with Gasteiger partial charge in [0.2, 0.25) is 0 Å². The Labute approximate surface area is 143 Å². The molecule has 2 fully saturated rings. The average molecular weight is 322 g/mol. The lowest BCUT2D eigenvalue weighted by atomic mass is 9.93. The number of hydrogen-bond acceptors (Lipinski definition) is 3. The molecule has 2 heterocycles. The van der Waals surface area contributed by atoms with Gasteiger partial charge in [-0.1, -0.05) is 0 Å². The molecule has 2 aliphatic carbocycles. The van der Waals surface area contributed by atoms with E-state index in [1.54, 1.807) is 0 Å². The van der Waals surface area contributed by atoms with Crippen molar-refractivity contribution in [1.29, 1.82) is 5.41 Å². The summed E-state index contributed by atoms with van der Waals surface area (Å²) in [6, 6.07) is 5.27. The zero-order chi connectivity index (χ0) is 16.7. The van der Waals surface area contributed by atoms with Crippen LogP contribution < -0.4 is 5.32 Å². The summed E-state index contributed by atoms with van der Waals surface area (Å²) in [5.41, 5.74) is 3.85. The highest BCUT2D eigenvalue weighted by atomic mass is 15.0. The zero-order valence-corrected chi connectivity index (χ0v) is 14.5. The van der Waals surface area contributed by atoms with Crippen LogP contribution >= 0.6 is 0 Å². The molecule has 0 saturated heterocycles. The Morgan fingerprint density at radius 1 is 1.33 bits per heavy atom. The standard InChI is InChI=1S/C20H26N4/c1-13(2)24-9-8-15-11-23-18(10-19(15)24)17(20(21)14-6-7-14)12-22-16-4-3-5-16/h8-14,16,21-22H,3-7H2,1-2H3/b17-12-,21-20?. The van der Waals surface area contributed by atoms with E-state index in [1.807, 2.05) is 6.20 Å². The quantitative estimate of drug-likeness (QED) is 0.768. The first-order valence-electron chi connectivity index (χ1n) is 9.15. The third-order valence-electron chi connectivity index (χ3n) is 5.28. The average Bonchev–Trinajstić information content (AvgIpc) is 3.28. The van der Waals surface area contributed by atoms with Crippen molar-refractivity contribution in [2.24, 2.45) is 5.92 Å². The molecule has 0 aliphatic heterocycles. The first-order valence-corrected chi connectivity index (χ1v) is 9.15. The molecule has 2 aromatic heterocycles. The second-order valence-electron chi connectivity index (χ2n) is 7.49. The van der Waals surface area contributed by atoms with Gasteiger partial charge in [0.05, 0.1) is 11.2 Å². The molecule has 0 radical (unpaired) electrons. The molecule has 0 aromatic carbocycles. The third-order valence-corrected chi connectivity index (χ3v) is 5.28. The Kier molecular flexibility index (Phi) is 3.91. The van der Waals surface area contributed by atoms with Crippen molar-refractivity contribution in [2.75, 3.05) is 0 Å². The summed E-state index contributed by atoms with van der Waals surface area (Å²) in [4.78, 5) is 4.67. The summed E-state index contributed by atoms with van der Waals surface area (Å²) in [6.45, 7) is 4.39. The topological polar surface area (TPSA) is 53.7 Å². The SMILES string of the molecule is CC(C)n1ccc2cnc(/C(=C/NC3CCC3)C(=N)C3CC3)cc21. The lowest BCUT2D eigenvalue weighted by molar-refractivity contribution is 0.373. The highest BCUT2D eigenvalue weighted by molar-refractivity contribution is 6.23. The molecule has 4 nitrogen and oxygen atoms in total. The fourth-order valence-electron chi connectivity index (χ4n) is 3.30. The van der Waals surface area contributed by atoms with Crippen molar-refractivity contribution in [3.63, 3.8) is 0 Å². The lowest BCUT2D eigenvalue weighted by Gasteiger charge is -2.26.